The molecule has 28 heavy (non-hydrogen) atoms. The second-order valence-electron chi connectivity index (χ2n) is 6.93. The fourth-order valence-corrected chi connectivity index (χ4v) is 3.16. The molecule has 0 spiro atoms. The van der Waals surface area contributed by atoms with Crippen LogP contribution in [0.15, 0.2) is 77.7 Å². The van der Waals surface area contributed by atoms with Crippen LogP contribution in [0.3, 0.4) is 0 Å². The minimum Gasteiger partial charge on any atom is -0.483 e. The standard InChI is InChI=1S/C24H28N2O2/c1-20-24(28-19-22-12-6-3-7-13-22)23(27)14-17-26(20)16-9-8-15-25-18-21-10-4-2-5-11-21/h2-7,10-14,17,25H,8-9,15-16,18-19H2,1H3. The van der Waals surface area contributed by atoms with E-state index < -0.39 is 0 Å². The highest BCUT2D eigenvalue weighted by molar-refractivity contribution is 5.28. The fraction of sp³-hybridized carbons (Fsp3) is 0.292. The maximum atomic E-state index is 12.2. The van der Waals surface area contributed by atoms with E-state index in [2.05, 4.69) is 34.1 Å². The van der Waals surface area contributed by atoms with Gasteiger partial charge in [-0.25, -0.2) is 0 Å². The SMILES string of the molecule is Cc1c(OCc2ccccc2)c(=O)ccn1CCCCNCc1ccccc1. The number of nitrogens with zero attached hydrogens (tertiary/aromatic N) is 1. The largest absolute Gasteiger partial charge is 0.483 e. The van der Waals surface area contributed by atoms with Gasteiger partial charge in [-0.3, -0.25) is 4.79 Å². The van der Waals surface area contributed by atoms with E-state index in [-0.39, 0.29) is 5.43 Å². The molecule has 3 aromatic rings. The number of rotatable bonds is 10. The Morgan fingerprint density at radius 3 is 2.29 bits per heavy atom. The molecular formula is C24H28N2O2. The van der Waals surface area contributed by atoms with Crippen molar-refractivity contribution in [3.05, 3.63) is 100.0 Å². The molecule has 4 nitrogen and oxygen atoms in total. The summed E-state index contributed by atoms with van der Waals surface area (Å²) in [5, 5.41) is 3.48. The Morgan fingerprint density at radius 1 is 0.893 bits per heavy atom. The van der Waals surface area contributed by atoms with Crippen LogP contribution in [0.25, 0.3) is 0 Å². The van der Waals surface area contributed by atoms with Crippen LogP contribution in [0.2, 0.25) is 0 Å². The molecule has 0 atom stereocenters. The molecule has 0 radical (unpaired) electrons. The molecule has 0 aliphatic carbocycles. The minimum atomic E-state index is -0.0609. The van der Waals surface area contributed by atoms with Crippen LogP contribution in [0.5, 0.6) is 5.75 Å². The van der Waals surface area contributed by atoms with Crippen LogP contribution in [-0.2, 0) is 19.7 Å². The van der Waals surface area contributed by atoms with E-state index in [1.807, 2.05) is 49.5 Å². The van der Waals surface area contributed by atoms with E-state index in [1.54, 1.807) is 6.07 Å². The van der Waals surface area contributed by atoms with Gasteiger partial charge in [-0.2, -0.15) is 0 Å². The molecule has 0 fully saturated rings. The number of hydrogen-bond acceptors (Lipinski definition) is 3. The summed E-state index contributed by atoms with van der Waals surface area (Å²) in [5.74, 6) is 0.452. The van der Waals surface area contributed by atoms with Crippen molar-refractivity contribution < 1.29 is 4.74 Å². The lowest BCUT2D eigenvalue weighted by molar-refractivity contribution is 0.296. The first kappa shape index (κ1) is 19.9. The third-order valence-corrected chi connectivity index (χ3v) is 4.79. The van der Waals surface area contributed by atoms with Crippen molar-refractivity contribution in [1.82, 2.24) is 9.88 Å². The number of hydrogen-bond donors (Lipinski definition) is 1. The van der Waals surface area contributed by atoms with Crippen LogP contribution >= 0.6 is 0 Å². The highest BCUT2D eigenvalue weighted by Gasteiger charge is 2.09. The van der Waals surface area contributed by atoms with Crippen molar-refractivity contribution in [2.75, 3.05) is 6.54 Å². The van der Waals surface area contributed by atoms with Crippen molar-refractivity contribution in [3.63, 3.8) is 0 Å². The molecule has 0 aliphatic rings. The Morgan fingerprint density at radius 2 is 1.57 bits per heavy atom. The maximum absolute atomic E-state index is 12.2. The highest BCUT2D eigenvalue weighted by Crippen LogP contribution is 2.14. The van der Waals surface area contributed by atoms with Gasteiger partial charge in [0, 0.05) is 25.4 Å². The van der Waals surface area contributed by atoms with E-state index in [4.69, 9.17) is 4.74 Å². The molecule has 1 N–H and O–H groups in total. The number of pyridine rings is 1. The van der Waals surface area contributed by atoms with Crippen LogP contribution in [0.1, 0.15) is 29.7 Å². The third kappa shape index (κ3) is 5.83. The second-order valence-corrected chi connectivity index (χ2v) is 6.93. The van der Waals surface area contributed by atoms with Gasteiger partial charge in [0.25, 0.3) is 0 Å². The Kier molecular flexibility index (Phi) is 7.44. The first-order valence-corrected chi connectivity index (χ1v) is 9.85. The molecular weight excluding hydrogens is 348 g/mol. The third-order valence-electron chi connectivity index (χ3n) is 4.79. The number of aromatic nitrogens is 1. The summed E-state index contributed by atoms with van der Waals surface area (Å²) in [7, 11) is 0. The van der Waals surface area contributed by atoms with Crippen molar-refractivity contribution in [2.45, 2.75) is 39.5 Å². The summed E-state index contributed by atoms with van der Waals surface area (Å²) in [5.41, 5.74) is 3.19. The Hall–Kier alpha value is -2.85. The lowest BCUT2D eigenvalue weighted by atomic mass is 10.2. The lowest BCUT2D eigenvalue weighted by Gasteiger charge is -2.15. The summed E-state index contributed by atoms with van der Waals surface area (Å²) in [6.45, 7) is 5.11. The summed E-state index contributed by atoms with van der Waals surface area (Å²) in [6.07, 6.45) is 3.99. The molecule has 0 aliphatic heterocycles. The Balaban J connectivity index is 1.47. The molecule has 4 heteroatoms. The lowest BCUT2D eigenvalue weighted by Crippen LogP contribution is -2.17. The van der Waals surface area contributed by atoms with Crippen molar-refractivity contribution in [2.24, 2.45) is 0 Å². The zero-order valence-electron chi connectivity index (χ0n) is 16.4. The molecule has 0 bridgehead atoms. The molecule has 0 amide bonds. The van der Waals surface area contributed by atoms with Gasteiger partial charge >= 0.3 is 0 Å². The predicted octanol–water partition coefficient (Wildman–Crippen LogP) is 4.31. The van der Waals surface area contributed by atoms with Crippen molar-refractivity contribution in [3.8, 4) is 5.75 Å². The normalized spacial score (nSPS) is 10.8. The molecule has 0 unspecified atom stereocenters. The first-order valence-electron chi connectivity index (χ1n) is 9.85. The summed E-state index contributed by atoms with van der Waals surface area (Å²) in [6, 6.07) is 21.9. The van der Waals surface area contributed by atoms with Crippen LogP contribution in [-0.4, -0.2) is 11.1 Å². The molecule has 2 aromatic carbocycles. The zero-order valence-corrected chi connectivity index (χ0v) is 16.4. The van der Waals surface area contributed by atoms with Gasteiger partial charge in [0.1, 0.15) is 6.61 Å². The van der Waals surface area contributed by atoms with Crippen molar-refractivity contribution >= 4 is 0 Å². The molecule has 146 valence electrons. The zero-order chi connectivity index (χ0) is 19.6. The van der Waals surface area contributed by atoms with Gasteiger partial charge in [0.05, 0.1) is 5.69 Å². The van der Waals surface area contributed by atoms with Gasteiger partial charge in [0.15, 0.2) is 5.75 Å². The number of ether oxygens (including phenoxy) is 1. The molecule has 0 saturated carbocycles. The van der Waals surface area contributed by atoms with Gasteiger partial charge in [-0.1, -0.05) is 60.7 Å². The van der Waals surface area contributed by atoms with Gasteiger partial charge in [-0.15, -0.1) is 0 Å². The molecule has 0 saturated heterocycles. The van der Waals surface area contributed by atoms with E-state index in [0.29, 0.717) is 12.4 Å². The topological polar surface area (TPSA) is 43.3 Å². The van der Waals surface area contributed by atoms with Crippen LogP contribution in [0.4, 0.5) is 0 Å². The van der Waals surface area contributed by atoms with E-state index in [9.17, 15) is 4.79 Å². The van der Waals surface area contributed by atoms with E-state index >= 15 is 0 Å². The Labute approximate surface area is 166 Å². The Bertz CT molecular complexity index is 905. The van der Waals surface area contributed by atoms with Gasteiger partial charge < -0.3 is 14.6 Å². The average Bonchev–Trinajstić information content (AvgIpc) is 2.73. The summed E-state index contributed by atoms with van der Waals surface area (Å²) in [4.78, 5) is 12.2. The van der Waals surface area contributed by atoms with Crippen LogP contribution < -0.4 is 15.5 Å². The molecule has 3 rings (SSSR count). The number of aryl methyl sites for hydroxylation is 1. The monoisotopic (exact) mass is 376 g/mol. The van der Waals surface area contributed by atoms with E-state index in [1.165, 1.54) is 5.56 Å². The van der Waals surface area contributed by atoms with Gasteiger partial charge in [-0.05, 0) is 37.4 Å². The number of benzene rings is 2. The van der Waals surface area contributed by atoms with Gasteiger partial charge in [0.2, 0.25) is 5.43 Å². The quantitative estimate of drug-likeness (QED) is 0.536. The number of unbranched alkanes of at least 4 members (excludes halogenated alkanes) is 1. The predicted molar refractivity (Wildman–Crippen MR) is 114 cm³/mol. The average molecular weight is 377 g/mol. The van der Waals surface area contributed by atoms with Crippen LogP contribution in [0, 0.1) is 6.92 Å². The smallest absolute Gasteiger partial charge is 0.223 e. The molecule has 1 aromatic heterocycles. The van der Waals surface area contributed by atoms with E-state index in [0.717, 1.165) is 43.7 Å². The van der Waals surface area contributed by atoms with Crippen molar-refractivity contribution in [1.29, 1.82) is 0 Å². The summed E-state index contributed by atoms with van der Waals surface area (Å²) < 4.78 is 7.95. The first-order chi connectivity index (χ1) is 13.7. The fourth-order valence-electron chi connectivity index (χ4n) is 3.16. The highest BCUT2D eigenvalue weighted by atomic mass is 16.5. The second kappa shape index (κ2) is 10.5. The number of nitrogens with one attached hydrogen (secondary N) is 1. The maximum Gasteiger partial charge on any atom is 0.223 e. The summed E-state index contributed by atoms with van der Waals surface area (Å²) >= 11 is 0. The molecule has 1 heterocycles. The minimum absolute atomic E-state index is 0.0609.